The number of carbonyl (C=O) groups is 1. The number of hydrogen-bond donors (Lipinski definition) is 1. The predicted octanol–water partition coefficient (Wildman–Crippen LogP) is 2.00. The molecule has 86 valence electrons. The summed E-state index contributed by atoms with van der Waals surface area (Å²) in [4.78, 5) is 12.6. The number of nitrogens with zero attached hydrogens (tertiary/aromatic N) is 1. The molecule has 1 unspecified atom stereocenters. The van der Waals surface area contributed by atoms with Crippen molar-refractivity contribution in [3.05, 3.63) is 12.2 Å². The van der Waals surface area contributed by atoms with Crippen LogP contribution in [0.4, 0.5) is 0 Å². The van der Waals surface area contributed by atoms with Gasteiger partial charge in [0, 0.05) is 19.2 Å². The predicted molar refractivity (Wildman–Crippen MR) is 60.8 cm³/mol. The van der Waals surface area contributed by atoms with Gasteiger partial charge in [-0.3, -0.25) is 4.90 Å². The minimum Gasteiger partial charge on any atom is -0.478 e. The Morgan fingerprint density at radius 2 is 2.20 bits per heavy atom. The van der Waals surface area contributed by atoms with Gasteiger partial charge in [0.25, 0.3) is 0 Å². The van der Waals surface area contributed by atoms with E-state index in [0.29, 0.717) is 5.41 Å². The van der Waals surface area contributed by atoms with Crippen molar-refractivity contribution in [3.63, 3.8) is 0 Å². The van der Waals surface area contributed by atoms with Gasteiger partial charge in [-0.1, -0.05) is 26.8 Å². The number of aliphatic carboxylic acids is 1. The summed E-state index contributed by atoms with van der Waals surface area (Å²) in [5, 5.41) is 8.46. The first-order valence-electron chi connectivity index (χ1n) is 5.51. The van der Waals surface area contributed by atoms with Crippen molar-refractivity contribution in [2.75, 3.05) is 19.6 Å². The molecular formula is C12H21NO2. The zero-order valence-electron chi connectivity index (χ0n) is 9.86. The molecule has 0 radical (unpaired) electrons. The van der Waals surface area contributed by atoms with Gasteiger partial charge in [0.2, 0.25) is 0 Å². The third kappa shape index (κ3) is 4.04. The van der Waals surface area contributed by atoms with E-state index >= 15 is 0 Å². The van der Waals surface area contributed by atoms with Crippen LogP contribution in [0.3, 0.4) is 0 Å². The van der Waals surface area contributed by atoms with Crippen LogP contribution in [0.25, 0.3) is 0 Å². The molecule has 1 rings (SSSR count). The van der Waals surface area contributed by atoms with Crippen LogP contribution in [0.2, 0.25) is 0 Å². The zero-order valence-corrected chi connectivity index (χ0v) is 9.86. The van der Waals surface area contributed by atoms with Crippen LogP contribution in [-0.2, 0) is 4.79 Å². The maximum Gasteiger partial charge on any atom is 0.328 e. The normalized spacial score (nSPS) is 23.8. The van der Waals surface area contributed by atoms with E-state index in [1.807, 2.05) is 0 Å². The van der Waals surface area contributed by atoms with Crippen molar-refractivity contribution >= 4 is 5.97 Å². The second-order valence-corrected chi connectivity index (χ2v) is 5.35. The van der Waals surface area contributed by atoms with Crippen LogP contribution in [0.1, 0.15) is 27.2 Å². The second kappa shape index (κ2) is 4.79. The molecule has 15 heavy (non-hydrogen) atoms. The van der Waals surface area contributed by atoms with E-state index in [-0.39, 0.29) is 0 Å². The number of rotatable bonds is 3. The molecule has 0 aromatic heterocycles. The van der Waals surface area contributed by atoms with Crippen LogP contribution in [-0.4, -0.2) is 35.6 Å². The van der Waals surface area contributed by atoms with Crippen LogP contribution in [0, 0.1) is 11.3 Å². The second-order valence-electron chi connectivity index (χ2n) is 5.35. The Hall–Kier alpha value is -0.830. The molecule has 0 bridgehead atoms. The van der Waals surface area contributed by atoms with Crippen LogP contribution in [0.15, 0.2) is 12.2 Å². The highest BCUT2D eigenvalue weighted by Gasteiger charge is 2.30. The van der Waals surface area contributed by atoms with Gasteiger partial charge in [-0.2, -0.15) is 0 Å². The molecule has 0 amide bonds. The molecular weight excluding hydrogens is 190 g/mol. The van der Waals surface area contributed by atoms with Crippen LogP contribution < -0.4 is 0 Å². The molecule has 1 heterocycles. The molecule has 1 N–H and O–H groups in total. The summed E-state index contributed by atoms with van der Waals surface area (Å²) in [5.74, 6) is -0.128. The lowest BCUT2D eigenvalue weighted by Gasteiger charge is -2.26. The van der Waals surface area contributed by atoms with Gasteiger partial charge >= 0.3 is 5.97 Å². The van der Waals surface area contributed by atoms with Crippen molar-refractivity contribution in [1.29, 1.82) is 0 Å². The maximum absolute atomic E-state index is 10.3. The third-order valence-electron chi connectivity index (χ3n) is 3.12. The molecule has 0 aromatic carbocycles. The summed E-state index contributed by atoms with van der Waals surface area (Å²) in [7, 11) is 0. The Labute approximate surface area is 91.8 Å². The first kappa shape index (κ1) is 12.2. The molecule has 1 atom stereocenters. The molecule has 0 spiro atoms. The lowest BCUT2D eigenvalue weighted by molar-refractivity contribution is -0.131. The SMILES string of the molecule is CC(C)(C)C1CCN(C/C=C/C(=O)O)C1. The first-order valence-corrected chi connectivity index (χ1v) is 5.51. The minimum absolute atomic E-state index is 0.366. The lowest BCUT2D eigenvalue weighted by Crippen LogP contribution is -2.26. The van der Waals surface area contributed by atoms with E-state index in [4.69, 9.17) is 5.11 Å². The van der Waals surface area contributed by atoms with Crippen molar-refractivity contribution < 1.29 is 9.90 Å². The van der Waals surface area contributed by atoms with Crippen molar-refractivity contribution in [1.82, 2.24) is 4.90 Å². The number of likely N-dealkylation sites (tertiary alicyclic amines) is 1. The maximum atomic E-state index is 10.3. The fourth-order valence-electron chi connectivity index (χ4n) is 2.01. The fourth-order valence-corrected chi connectivity index (χ4v) is 2.01. The van der Waals surface area contributed by atoms with Crippen molar-refractivity contribution in [3.8, 4) is 0 Å². The summed E-state index contributed by atoms with van der Waals surface area (Å²) in [5.41, 5.74) is 0.366. The van der Waals surface area contributed by atoms with E-state index in [1.165, 1.54) is 12.5 Å². The largest absolute Gasteiger partial charge is 0.478 e. The molecule has 1 saturated heterocycles. The first-order chi connectivity index (χ1) is 6.89. The molecule has 0 aromatic rings. The van der Waals surface area contributed by atoms with E-state index in [0.717, 1.165) is 25.6 Å². The summed E-state index contributed by atoms with van der Waals surface area (Å²) >= 11 is 0. The van der Waals surface area contributed by atoms with E-state index < -0.39 is 5.97 Å². The number of carboxylic acids is 1. The molecule has 0 saturated carbocycles. The Balaban J connectivity index is 2.34. The van der Waals surface area contributed by atoms with E-state index in [9.17, 15) is 4.79 Å². The molecule has 3 heteroatoms. The molecule has 3 nitrogen and oxygen atoms in total. The highest BCUT2D eigenvalue weighted by atomic mass is 16.4. The average Bonchev–Trinajstić information content (AvgIpc) is 2.51. The van der Waals surface area contributed by atoms with Gasteiger partial charge in [0.05, 0.1) is 0 Å². The Bertz CT molecular complexity index is 253. The van der Waals surface area contributed by atoms with Crippen molar-refractivity contribution in [2.24, 2.45) is 11.3 Å². The molecule has 0 aliphatic carbocycles. The smallest absolute Gasteiger partial charge is 0.328 e. The Morgan fingerprint density at radius 3 is 2.67 bits per heavy atom. The van der Waals surface area contributed by atoms with E-state index in [2.05, 4.69) is 25.7 Å². The van der Waals surface area contributed by atoms with E-state index in [1.54, 1.807) is 6.08 Å². The average molecular weight is 211 g/mol. The lowest BCUT2D eigenvalue weighted by atomic mass is 9.80. The summed E-state index contributed by atoms with van der Waals surface area (Å²) in [6, 6.07) is 0. The highest BCUT2D eigenvalue weighted by molar-refractivity contribution is 5.79. The van der Waals surface area contributed by atoms with Gasteiger partial charge in [0.15, 0.2) is 0 Å². The Kier molecular flexibility index (Phi) is 3.91. The molecule has 1 aliphatic heterocycles. The number of carboxylic acid groups (broad SMARTS) is 1. The third-order valence-corrected chi connectivity index (χ3v) is 3.12. The van der Waals surface area contributed by atoms with Gasteiger partial charge in [-0.25, -0.2) is 4.79 Å². The van der Waals surface area contributed by atoms with Gasteiger partial charge in [0.1, 0.15) is 0 Å². The minimum atomic E-state index is -0.860. The monoisotopic (exact) mass is 211 g/mol. The fraction of sp³-hybridized carbons (Fsp3) is 0.750. The summed E-state index contributed by atoms with van der Waals surface area (Å²) < 4.78 is 0. The van der Waals surface area contributed by atoms with Crippen molar-refractivity contribution in [2.45, 2.75) is 27.2 Å². The van der Waals surface area contributed by atoms with Gasteiger partial charge in [-0.05, 0) is 24.3 Å². The summed E-state index contributed by atoms with van der Waals surface area (Å²) in [6.45, 7) is 9.76. The summed E-state index contributed by atoms with van der Waals surface area (Å²) in [6.07, 6.45) is 4.18. The quantitative estimate of drug-likeness (QED) is 0.726. The van der Waals surface area contributed by atoms with Gasteiger partial charge < -0.3 is 5.11 Å². The van der Waals surface area contributed by atoms with Crippen LogP contribution in [0.5, 0.6) is 0 Å². The zero-order chi connectivity index (χ0) is 11.5. The topological polar surface area (TPSA) is 40.5 Å². The molecule has 1 fully saturated rings. The highest BCUT2D eigenvalue weighted by Crippen LogP contribution is 2.33. The molecule has 1 aliphatic rings. The van der Waals surface area contributed by atoms with Crippen LogP contribution >= 0.6 is 0 Å². The Morgan fingerprint density at radius 1 is 1.53 bits per heavy atom. The van der Waals surface area contributed by atoms with Gasteiger partial charge in [-0.15, -0.1) is 0 Å². The standard InChI is InChI=1S/C12H21NO2/c1-12(2,3)10-6-8-13(9-10)7-4-5-11(14)15/h4-5,10H,6-9H2,1-3H3,(H,14,15)/b5-4+. The number of hydrogen-bond acceptors (Lipinski definition) is 2.